The Labute approximate surface area is 125 Å². The number of esters is 1. The van der Waals surface area contributed by atoms with E-state index in [1.54, 1.807) is 6.20 Å². The van der Waals surface area contributed by atoms with Crippen LogP contribution in [0.4, 0.5) is 0 Å². The smallest absolute Gasteiger partial charge is 0.349 e. The van der Waals surface area contributed by atoms with Crippen LogP contribution in [0.1, 0.15) is 16.6 Å². The van der Waals surface area contributed by atoms with Gasteiger partial charge in [0.15, 0.2) is 4.96 Å². The van der Waals surface area contributed by atoms with Gasteiger partial charge in [-0.05, 0) is 31.2 Å². The third-order valence-corrected chi connectivity index (χ3v) is 3.98. The lowest BCUT2D eigenvalue weighted by atomic mass is 10.2. The van der Waals surface area contributed by atoms with Gasteiger partial charge in [-0.1, -0.05) is 11.3 Å². The summed E-state index contributed by atoms with van der Waals surface area (Å²) in [5.41, 5.74) is 1.87. The quantitative estimate of drug-likeness (QED) is 0.694. The lowest BCUT2D eigenvalue weighted by Crippen LogP contribution is -1.97. The lowest BCUT2D eigenvalue weighted by molar-refractivity contribution is 0.0606. The second-order valence-electron chi connectivity index (χ2n) is 4.36. The molecule has 0 fully saturated rings. The van der Waals surface area contributed by atoms with Crippen LogP contribution in [0.3, 0.4) is 0 Å². The minimum atomic E-state index is -0.340. The standard InChI is InChI=1S/C15H14N2O3S/c1-3-20-11-6-4-10(5-7-11)12-8-17-9-13(14(18)19-2)21-15(17)16-12/h4-9H,3H2,1-2H3. The van der Waals surface area contributed by atoms with Crippen molar-refractivity contribution in [2.75, 3.05) is 13.7 Å². The fourth-order valence-electron chi connectivity index (χ4n) is 2.02. The highest BCUT2D eigenvalue weighted by molar-refractivity contribution is 7.18. The summed E-state index contributed by atoms with van der Waals surface area (Å²) in [7, 11) is 1.37. The largest absolute Gasteiger partial charge is 0.494 e. The Balaban J connectivity index is 1.90. The zero-order valence-corrected chi connectivity index (χ0v) is 12.5. The first-order valence-corrected chi connectivity index (χ1v) is 7.33. The summed E-state index contributed by atoms with van der Waals surface area (Å²) in [6.45, 7) is 2.60. The van der Waals surface area contributed by atoms with Crippen molar-refractivity contribution in [3.05, 3.63) is 41.5 Å². The maximum absolute atomic E-state index is 11.5. The topological polar surface area (TPSA) is 52.8 Å². The molecule has 2 heterocycles. The molecule has 0 aliphatic carbocycles. The van der Waals surface area contributed by atoms with Crippen molar-refractivity contribution < 1.29 is 14.3 Å². The van der Waals surface area contributed by atoms with Gasteiger partial charge in [0.05, 0.1) is 19.4 Å². The van der Waals surface area contributed by atoms with Crippen molar-refractivity contribution in [2.45, 2.75) is 6.92 Å². The number of ether oxygens (including phenoxy) is 2. The molecule has 0 radical (unpaired) electrons. The van der Waals surface area contributed by atoms with Crippen LogP contribution in [-0.2, 0) is 4.74 Å². The summed E-state index contributed by atoms with van der Waals surface area (Å²) in [6, 6.07) is 7.79. The minimum absolute atomic E-state index is 0.340. The Morgan fingerprint density at radius 1 is 1.29 bits per heavy atom. The Morgan fingerprint density at radius 2 is 2.05 bits per heavy atom. The molecular formula is C15H14N2O3S. The zero-order chi connectivity index (χ0) is 14.8. The van der Waals surface area contributed by atoms with Gasteiger partial charge in [-0.2, -0.15) is 0 Å². The molecule has 5 nitrogen and oxygen atoms in total. The highest BCUT2D eigenvalue weighted by Gasteiger charge is 2.13. The fraction of sp³-hybridized carbons (Fsp3) is 0.200. The number of methoxy groups -OCH3 is 1. The van der Waals surface area contributed by atoms with E-state index in [4.69, 9.17) is 9.47 Å². The molecule has 1 aromatic carbocycles. The van der Waals surface area contributed by atoms with E-state index >= 15 is 0 Å². The van der Waals surface area contributed by atoms with Gasteiger partial charge in [0.25, 0.3) is 0 Å². The van der Waals surface area contributed by atoms with Gasteiger partial charge >= 0.3 is 5.97 Å². The van der Waals surface area contributed by atoms with Crippen molar-refractivity contribution in [2.24, 2.45) is 0 Å². The summed E-state index contributed by atoms with van der Waals surface area (Å²) in [5.74, 6) is 0.503. The highest BCUT2D eigenvalue weighted by Crippen LogP contribution is 2.25. The molecule has 0 saturated carbocycles. The fourth-order valence-corrected chi connectivity index (χ4v) is 2.90. The number of rotatable bonds is 4. The average Bonchev–Trinajstić information content (AvgIpc) is 3.06. The molecule has 0 amide bonds. The molecule has 2 aromatic heterocycles. The van der Waals surface area contributed by atoms with Gasteiger partial charge in [-0.15, -0.1) is 0 Å². The van der Waals surface area contributed by atoms with Gasteiger partial charge in [-0.25, -0.2) is 9.78 Å². The van der Waals surface area contributed by atoms with Crippen molar-refractivity contribution >= 4 is 22.3 Å². The van der Waals surface area contributed by atoms with Crippen LogP contribution in [0.15, 0.2) is 36.7 Å². The normalized spacial score (nSPS) is 10.8. The first-order valence-electron chi connectivity index (χ1n) is 6.51. The van der Waals surface area contributed by atoms with Crippen LogP contribution in [-0.4, -0.2) is 29.1 Å². The molecule has 0 aliphatic rings. The summed E-state index contributed by atoms with van der Waals surface area (Å²) in [6.07, 6.45) is 3.63. The SMILES string of the molecule is CCOc1ccc(-c2cn3cc(C(=O)OC)sc3n2)cc1. The Hall–Kier alpha value is -2.34. The van der Waals surface area contributed by atoms with E-state index in [1.165, 1.54) is 18.4 Å². The second kappa shape index (κ2) is 5.57. The molecule has 108 valence electrons. The minimum Gasteiger partial charge on any atom is -0.494 e. The first-order chi connectivity index (χ1) is 10.2. The zero-order valence-electron chi connectivity index (χ0n) is 11.7. The molecule has 0 N–H and O–H groups in total. The van der Waals surface area contributed by atoms with E-state index in [2.05, 4.69) is 4.98 Å². The van der Waals surface area contributed by atoms with E-state index in [-0.39, 0.29) is 5.97 Å². The lowest BCUT2D eigenvalue weighted by Gasteiger charge is -2.02. The number of hydrogen-bond acceptors (Lipinski definition) is 5. The van der Waals surface area contributed by atoms with Crippen molar-refractivity contribution in [1.29, 1.82) is 0 Å². The second-order valence-corrected chi connectivity index (χ2v) is 5.37. The van der Waals surface area contributed by atoms with Crippen LogP contribution in [0.25, 0.3) is 16.2 Å². The van der Waals surface area contributed by atoms with E-state index < -0.39 is 0 Å². The molecular weight excluding hydrogens is 288 g/mol. The summed E-state index contributed by atoms with van der Waals surface area (Å²) in [5, 5.41) is 0. The van der Waals surface area contributed by atoms with Crippen molar-refractivity contribution in [1.82, 2.24) is 9.38 Å². The number of nitrogens with zero attached hydrogens (tertiary/aromatic N) is 2. The van der Waals surface area contributed by atoms with Crippen LogP contribution in [0.2, 0.25) is 0 Å². The third-order valence-electron chi connectivity index (χ3n) is 3.00. The summed E-state index contributed by atoms with van der Waals surface area (Å²) in [4.78, 5) is 17.3. The molecule has 0 aliphatic heterocycles. The summed E-state index contributed by atoms with van der Waals surface area (Å²) < 4.78 is 12.0. The number of thiazole rings is 1. The van der Waals surface area contributed by atoms with Gasteiger partial charge in [0.1, 0.15) is 10.6 Å². The van der Waals surface area contributed by atoms with Crippen molar-refractivity contribution in [3.63, 3.8) is 0 Å². The summed E-state index contributed by atoms with van der Waals surface area (Å²) >= 11 is 1.31. The molecule has 0 bridgehead atoms. The van der Waals surface area contributed by atoms with Gasteiger partial charge in [0.2, 0.25) is 0 Å². The maximum atomic E-state index is 11.5. The first kappa shape index (κ1) is 13.6. The van der Waals surface area contributed by atoms with Crippen LogP contribution < -0.4 is 4.74 Å². The number of imidazole rings is 1. The molecule has 0 atom stereocenters. The number of carbonyl (C=O) groups is 1. The van der Waals surface area contributed by atoms with E-state index in [0.29, 0.717) is 11.5 Å². The number of fused-ring (bicyclic) bond motifs is 1. The number of carbonyl (C=O) groups excluding carboxylic acids is 1. The number of aromatic nitrogens is 2. The van der Waals surface area contributed by atoms with Crippen LogP contribution in [0, 0.1) is 0 Å². The molecule has 6 heteroatoms. The average molecular weight is 302 g/mol. The highest BCUT2D eigenvalue weighted by atomic mass is 32.1. The Bertz CT molecular complexity index is 742. The van der Waals surface area contributed by atoms with Crippen molar-refractivity contribution in [3.8, 4) is 17.0 Å². The van der Waals surface area contributed by atoms with E-state index in [9.17, 15) is 4.79 Å². The molecule has 21 heavy (non-hydrogen) atoms. The molecule has 3 aromatic rings. The molecule has 0 saturated heterocycles. The third kappa shape index (κ3) is 2.62. The maximum Gasteiger partial charge on any atom is 0.349 e. The van der Waals surface area contributed by atoms with Gasteiger partial charge in [0, 0.05) is 18.0 Å². The Morgan fingerprint density at radius 3 is 2.67 bits per heavy atom. The van der Waals surface area contributed by atoms with Crippen LogP contribution >= 0.6 is 11.3 Å². The van der Waals surface area contributed by atoms with Gasteiger partial charge < -0.3 is 9.47 Å². The number of hydrogen-bond donors (Lipinski definition) is 0. The van der Waals surface area contributed by atoms with E-state index in [1.807, 2.05) is 41.8 Å². The number of benzene rings is 1. The van der Waals surface area contributed by atoms with Crippen LogP contribution in [0.5, 0.6) is 5.75 Å². The predicted octanol–water partition coefficient (Wildman–Crippen LogP) is 3.25. The van der Waals surface area contributed by atoms with E-state index in [0.717, 1.165) is 22.0 Å². The Kier molecular flexibility index (Phi) is 3.62. The predicted molar refractivity (Wildman–Crippen MR) is 81.0 cm³/mol. The molecule has 0 unspecified atom stereocenters. The molecule has 3 rings (SSSR count). The van der Waals surface area contributed by atoms with Gasteiger partial charge in [-0.3, -0.25) is 4.40 Å². The molecule has 0 spiro atoms. The monoisotopic (exact) mass is 302 g/mol.